The first-order chi connectivity index (χ1) is 34.6. The van der Waals surface area contributed by atoms with Crippen molar-refractivity contribution in [2.24, 2.45) is 0 Å². The molecule has 8 N–H and O–H groups in total. The molecule has 2 aliphatic rings. The molecule has 3 aromatic carbocycles. The Balaban J connectivity index is 0.718. The molecule has 23 heteroatoms. The second-order valence-electron chi connectivity index (χ2n) is 15.8. The van der Waals surface area contributed by atoms with E-state index in [1.54, 1.807) is 78.8 Å². The predicted octanol–water partition coefficient (Wildman–Crippen LogP) is 2.06. The first kappa shape index (κ1) is 53.4. The van der Waals surface area contributed by atoms with Gasteiger partial charge in [-0.3, -0.25) is 29.7 Å². The largest absolute Gasteiger partial charge is 0.484 e. The molecule has 382 valence electrons. The van der Waals surface area contributed by atoms with Crippen LogP contribution in [0.2, 0.25) is 0 Å². The second-order valence-corrected chi connectivity index (χ2v) is 15.8. The number of hydrogen-bond acceptors (Lipinski definition) is 16. The van der Waals surface area contributed by atoms with Gasteiger partial charge in [0.15, 0.2) is 12.4 Å². The number of aromatic nitrogens is 2. The molecule has 23 nitrogen and oxygen atoms in total. The van der Waals surface area contributed by atoms with Crippen molar-refractivity contribution in [3.05, 3.63) is 83.4 Å². The molecule has 2 heterocycles. The minimum absolute atomic E-state index is 0.0644. The van der Waals surface area contributed by atoms with Gasteiger partial charge in [0.25, 0.3) is 11.8 Å². The third kappa shape index (κ3) is 16.8. The fourth-order valence-electron chi connectivity index (χ4n) is 7.24. The highest BCUT2D eigenvalue weighted by Crippen LogP contribution is 2.43. The molecule has 0 saturated carbocycles. The molecule has 71 heavy (non-hydrogen) atoms. The first-order valence-electron chi connectivity index (χ1n) is 23.2. The molecule has 4 aromatic rings. The number of morpholine rings is 1. The highest BCUT2D eigenvalue weighted by molar-refractivity contribution is 6.27. The molecule has 1 fully saturated rings. The molecular formula is C48H61N9O14. The lowest BCUT2D eigenvalue weighted by Crippen LogP contribution is -2.49. The summed E-state index contributed by atoms with van der Waals surface area (Å²) in [5.41, 5.74) is 7.43. The average Bonchev–Trinajstić information content (AvgIpc) is 3.94. The minimum Gasteiger partial charge on any atom is -0.484 e. The molecule has 1 atom stereocenters. The predicted molar refractivity (Wildman–Crippen MR) is 257 cm³/mol. The summed E-state index contributed by atoms with van der Waals surface area (Å²) in [4.78, 5) is 75.1. The van der Waals surface area contributed by atoms with E-state index < -0.39 is 23.9 Å². The molecule has 0 radical (unpaired) electrons. The van der Waals surface area contributed by atoms with Gasteiger partial charge in [-0.25, -0.2) is 14.6 Å². The molecule has 1 aliphatic carbocycles. The van der Waals surface area contributed by atoms with Crippen LogP contribution in [0.15, 0.2) is 66.7 Å². The van der Waals surface area contributed by atoms with Gasteiger partial charge in [-0.15, -0.1) is 0 Å². The Labute approximate surface area is 409 Å². The summed E-state index contributed by atoms with van der Waals surface area (Å²) in [6.07, 6.45) is -0.146. The number of carbonyl (C=O) groups excluding carboxylic acids is 5. The third-order valence-electron chi connectivity index (χ3n) is 10.9. The van der Waals surface area contributed by atoms with E-state index in [-0.39, 0.29) is 63.3 Å². The van der Waals surface area contributed by atoms with Gasteiger partial charge in [0.1, 0.15) is 17.5 Å². The molecule has 1 aromatic heterocycles. The van der Waals surface area contributed by atoms with E-state index in [9.17, 15) is 33.9 Å². The zero-order valence-electron chi connectivity index (χ0n) is 39.5. The van der Waals surface area contributed by atoms with Gasteiger partial charge in [-0.1, -0.05) is 12.1 Å². The van der Waals surface area contributed by atoms with Crippen molar-refractivity contribution < 1.29 is 67.0 Å². The maximum absolute atomic E-state index is 13.7. The number of H-pyrrole nitrogens is 1. The molecular weight excluding hydrogens is 927 g/mol. The number of nitrogens with zero attached hydrogens (tertiary/aromatic N) is 2. The fourth-order valence-corrected chi connectivity index (χ4v) is 7.24. The average molecular weight is 988 g/mol. The van der Waals surface area contributed by atoms with Crippen LogP contribution in [0, 0.1) is 0 Å². The molecule has 0 bridgehead atoms. The Morgan fingerprint density at radius 1 is 0.761 bits per heavy atom. The molecule has 0 spiro atoms. The van der Waals surface area contributed by atoms with Crippen LogP contribution < -0.4 is 36.7 Å². The Morgan fingerprint density at radius 2 is 1.37 bits per heavy atom. The van der Waals surface area contributed by atoms with Gasteiger partial charge in [0.05, 0.1) is 102 Å². The number of carboxylic acids is 1. The van der Waals surface area contributed by atoms with Gasteiger partial charge in [0.2, 0.25) is 5.91 Å². The lowest BCUT2D eigenvalue weighted by molar-refractivity contribution is -0.139. The summed E-state index contributed by atoms with van der Waals surface area (Å²) in [6.45, 7) is 5.85. The number of amides is 5. The number of rotatable bonds is 31. The van der Waals surface area contributed by atoms with Crippen molar-refractivity contribution in [3.8, 4) is 28.3 Å². The van der Waals surface area contributed by atoms with Crippen LogP contribution in [0.1, 0.15) is 39.1 Å². The van der Waals surface area contributed by atoms with Crippen molar-refractivity contribution in [2.75, 3.05) is 130 Å². The van der Waals surface area contributed by atoms with E-state index in [0.717, 1.165) is 5.69 Å². The van der Waals surface area contributed by atoms with Crippen LogP contribution in [0.3, 0.4) is 0 Å². The van der Waals surface area contributed by atoms with Gasteiger partial charge in [-0.05, 0) is 61.0 Å². The Hall–Kier alpha value is -6.99. The smallest absolute Gasteiger partial charge is 0.333 e. The molecule has 1 aliphatic heterocycles. The highest BCUT2D eigenvalue weighted by Gasteiger charge is 2.35. The molecule has 1 saturated heterocycles. The lowest BCUT2D eigenvalue weighted by Gasteiger charge is -2.27. The van der Waals surface area contributed by atoms with E-state index in [4.69, 9.17) is 33.2 Å². The topological polar surface area (TPSA) is 291 Å². The van der Waals surface area contributed by atoms with Gasteiger partial charge in [0, 0.05) is 62.0 Å². The van der Waals surface area contributed by atoms with E-state index >= 15 is 0 Å². The van der Waals surface area contributed by atoms with Crippen LogP contribution >= 0.6 is 0 Å². The maximum atomic E-state index is 13.7. The number of ketones is 1. The number of nitrogens with one attached hydrogen (secondary N) is 7. The molecule has 6 rings (SSSR count). The third-order valence-corrected chi connectivity index (χ3v) is 10.9. The second kappa shape index (κ2) is 28.6. The Bertz CT molecular complexity index is 2380. The highest BCUT2D eigenvalue weighted by atomic mass is 16.6. The van der Waals surface area contributed by atoms with Gasteiger partial charge >= 0.3 is 12.0 Å². The van der Waals surface area contributed by atoms with E-state index in [2.05, 4.69) is 42.2 Å². The summed E-state index contributed by atoms with van der Waals surface area (Å²) < 4.78 is 38.4. The van der Waals surface area contributed by atoms with Crippen molar-refractivity contribution in [1.82, 2.24) is 36.6 Å². The monoisotopic (exact) mass is 987 g/mol. The number of carboxylic acid groups (broad SMARTS) is 1. The lowest BCUT2D eigenvalue weighted by atomic mass is 10.0. The van der Waals surface area contributed by atoms with E-state index in [0.29, 0.717) is 130 Å². The summed E-state index contributed by atoms with van der Waals surface area (Å²) in [7, 11) is 1.75. The van der Waals surface area contributed by atoms with Gasteiger partial charge in [-0.2, -0.15) is 5.10 Å². The molecule has 0 unspecified atom stereocenters. The maximum Gasteiger partial charge on any atom is 0.333 e. The SMILES string of the molecule is CNc1ccc(C(=O)N[C@@H](CCC(=O)NCCOCCOCCOCCOCCOCCNC(=O)COc2ccc(-c3n[nH]c4c3C(=O)c3c(NC(=O)NN5CCOCC5)cccc3-4)cc2)C(=O)O)cc1. The number of benzene rings is 3. The Kier molecular flexibility index (Phi) is 21.5. The number of ether oxygens (including phenoxy) is 7. The summed E-state index contributed by atoms with van der Waals surface area (Å²) in [5.74, 6) is -2.24. The summed E-state index contributed by atoms with van der Waals surface area (Å²) in [5, 5.41) is 32.3. The zero-order chi connectivity index (χ0) is 50.2. The summed E-state index contributed by atoms with van der Waals surface area (Å²) >= 11 is 0. The van der Waals surface area contributed by atoms with Crippen molar-refractivity contribution in [3.63, 3.8) is 0 Å². The van der Waals surface area contributed by atoms with Crippen molar-refractivity contribution in [1.29, 1.82) is 0 Å². The first-order valence-corrected chi connectivity index (χ1v) is 23.2. The van der Waals surface area contributed by atoms with Crippen LogP contribution in [0.25, 0.3) is 22.5 Å². The standard InChI is InChI=1S/C48H61N9O14/c1-49-34-9-5-33(6-10-34)46(61)52-38(47(62)63)13-14-39(58)50-15-19-65-23-25-68-27-29-70-30-28-69-26-24-66-20-16-51-40(59)31-71-35-11-7-32(8-12-35)43-42-44(55-54-43)36-3-2-4-37(41(36)45(42)60)53-48(64)56-57-17-21-67-22-18-57/h2-12,38,49H,13-31H2,1H3,(H,50,58)(H,51,59)(H,52,61)(H,54,55)(H,62,63)(H2,53,56,64)/t38-/m0/s1. The Morgan fingerprint density at radius 3 is 1.97 bits per heavy atom. The molecule has 5 amide bonds. The minimum atomic E-state index is -1.23. The van der Waals surface area contributed by atoms with Crippen LogP contribution in [-0.4, -0.2) is 181 Å². The normalized spacial score (nSPS) is 13.4. The number of fused-ring (bicyclic) bond motifs is 3. The fraction of sp³-hybridized carbons (Fsp3) is 0.438. The number of hydrazine groups is 1. The number of urea groups is 1. The van der Waals surface area contributed by atoms with E-state index in [1.165, 1.54) is 0 Å². The van der Waals surface area contributed by atoms with Gasteiger partial charge < -0.3 is 64.8 Å². The number of hydrogen-bond donors (Lipinski definition) is 8. The number of carbonyl (C=O) groups is 6. The van der Waals surface area contributed by atoms with E-state index in [1.807, 2.05) is 0 Å². The summed E-state index contributed by atoms with van der Waals surface area (Å²) in [6, 6.07) is 17.1. The number of aliphatic carboxylic acids is 1. The van der Waals surface area contributed by atoms with Crippen molar-refractivity contribution in [2.45, 2.75) is 18.9 Å². The van der Waals surface area contributed by atoms with Crippen molar-refractivity contribution >= 4 is 46.9 Å². The number of anilines is 2. The van der Waals surface area contributed by atoms with Crippen LogP contribution in [-0.2, 0) is 42.8 Å². The zero-order valence-corrected chi connectivity index (χ0v) is 39.5. The number of aromatic amines is 1. The van der Waals surface area contributed by atoms with Crippen LogP contribution in [0.5, 0.6) is 5.75 Å². The quantitative estimate of drug-likeness (QED) is 0.0295. The van der Waals surface area contributed by atoms with Crippen LogP contribution in [0.4, 0.5) is 16.2 Å².